The molecule has 88 valence electrons. The largest absolute Gasteiger partial charge is 0.331 e. The van der Waals surface area contributed by atoms with Crippen LogP contribution in [-0.4, -0.2) is 25.2 Å². The first-order valence-electron chi connectivity index (χ1n) is 5.52. The van der Waals surface area contributed by atoms with Gasteiger partial charge >= 0.3 is 7.60 Å². The lowest BCUT2D eigenvalue weighted by molar-refractivity contribution is -0.120. The number of hydrogen-bond acceptors (Lipinski definition) is 4. The minimum atomic E-state index is -3.03. The van der Waals surface area contributed by atoms with Gasteiger partial charge in [-0.05, 0) is 26.7 Å². The summed E-state index contributed by atoms with van der Waals surface area (Å²) in [7, 11) is -3.03. The Bertz CT molecular complexity index is 254. The van der Waals surface area contributed by atoms with E-state index >= 15 is 0 Å². The van der Waals surface area contributed by atoms with Gasteiger partial charge in [-0.2, -0.15) is 0 Å². The molecule has 0 aromatic rings. The van der Waals surface area contributed by atoms with Gasteiger partial charge in [-0.3, -0.25) is 9.36 Å². The summed E-state index contributed by atoms with van der Waals surface area (Å²) in [6.07, 6.45) is 2.60. The molecular weight excluding hydrogens is 215 g/mol. The lowest BCUT2D eigenvalue weighted by atomic mass is 10.1. The molecule has 1 rings (SSSR count). The summed E-state index contributed by atoms with van der Waals surface area (Å²) in [5.74, 6) is 0.0866. The van der Waals surface area contributed by atoms with Crippen LogP contribution in [0.3, 0.4) is 0 Å². The molecule has 0 spiro atoms. The molecule has 4 nitrogen and oxygen atoms in total. The Balaban J connectivity index is 2.57. The standard InChI is InChI=1S/C10H19O4P/c1-3-13-15(12,14-4-2)8-9-6-5-7-10(9)11/h9H,3-8H2,1-2H3. The number of ketones is 1. The minimum Gasteiger partial charge on any atom is -0.309 e. The van der Waals surface area contributed by atoms with Crippen molar-refractivity contribution in [3.05, 3.63) is 0 Å². The molecule has 1 saturated carbocycles. The highest BCUT2D eigenvalue weighted by atomic mass is 31.2. The summed E-state index contributed by atoms with van der Waals surface area (Å²) in [6.45, 7) is 4.28. The molecule has 0 saturated heterocycles. The van der Waals surface area contributed by atoms with Gasteiger partial charge in [0.15, 0.2) is 0 Å². The van der Waals surface area contributed by atoms with Gasteiger partial charge in [-0.1, -0.05) is 0 Å². The van der Waals surface area contributed by atoms with E-state index in [2.05, 4.69) is 0 Å². The van der Waals surface area contributed by atoms with Gasteiger partial charge in [0.25, 0.3) is 0 Å². The van der Waals surface area contributed by atoms with Crippen molar-refractivity contribution in [1.29, 1.82) is 0 Å². The molecule has 0 aromatic heterocycles. The van der Waals surface area contributed by atoms with Crippen LogP contribution in [0.25, 0.3) is 0 Å². The van der Waals surface area contributed by atoms with Crippen LogP contribution in [-0.2, 0) is 18.4 Å². The third-order valence-corrected chi connectivity index (χ3v) is 4.72. The molecule has 5 heteroatoms. The van der Waals surface area contributed by atoms with Gasteiger partial charge in [0.05, 0.1) is 19.4 Å². The van der Waals surface area contributed by atoms with Gasteiger partial charge in [0.1, 0.15) is 5.78 Å². The first kappa shape index (κ1) is 12.9. The Kier molecular flexibility index (Phi) is 4.97. The predicted octanol–water partition coefficient (Wildman–Crippen LogP) is 2.62. The van der Waals surface area contributed by atoms with Gasteiger partial charge < -0.3 is 9.05 Å². The lowest BCUT2D eigenvalue weighted by Crippen LogP contribution is -2.14. The Labute approximate surface area is 90.9 Å². The van der Waals surface area contributed by atoms with Crippen LogP contribution in [0.15, 0.2) is 0 Å². The molecule has 15 heavy (non-hydrogen) atoms. The van der Waals surface area contributed by atoms with Crippen molar-refractivity contribution in [3.63, 3.8) is 0 Å². The average Bonchev–Trinajstić information content (AvgIpc) is 2.52. The van der Waals surface area contributed by atoms with Crippen LogP contribution in [0.1, 0.15) is 33.1 Å². The average molecular weight is 234 g/mol. The zero-order chi connectivity index (χ0) is 11.3. The van der Waals surface area contributed by atoms with E-state index in [1.54, 1.807) is 13.8 Å². The zero-order valence-electron chi connectivity index (χ0n) is 9.40. The number of carbonyl (C=O) groups is 1. The maximum absolute atomic E-state index is 12.1. The zero-order valence-corrected chi connectivity index (χ0v) is 10.3. The molecule has 0 N–H and O–H groups in total. The second-order valence-corrected chi connectivity index (χ2v) is 5.79. The van der Waals surface area contributed by atoms with E-state index in [-0.39, 0.29) is 17.9 Å². The highest BCUT2D eigenvalue weighted by molar-refractivity contribution is 7.53. The maximum atomic E-state index is 12.1. The first-order chi connectivity index (χ1) is 7.11. The molecule has 1 atom stereocenters. The van der Waals surface area contributed by atoms with E-state index in [0.717, 1.165) is 12.8 Å². The highest BCUT2D eigenvalue weighted by Gasteiger charge is 2.34. The molecule has 1 fully saturated rings. The van der Waals surface area contributed by atoms with Crippen LogP contribution in [0.2, 0.25) is 0 Å². The van der Waals surface area contributed by atoms with Crippen LogP contribution < -0.4 is 0 Å². The van der Waals surface area contributed by atoms with Gasteiger partial charge in [0.2, 0.25) is 0 Å². The van der Waals surface area contributed by atoms with Crippen molar-refractivity contribution in [2.75, 3.05) is 19.4 Å². The van der Waals surface area contributed by atoms with Gasteiger partial charge in [-0.15, -0.1) is 0 Å². The molecule has 1 unspecified atom stereocenters. The normalized spacial score (nSPS) is 22.3. The Morgan fingerprint density at radius 1 is 1.33 bits per heavy atom. The quantitative estimate of drug-likeness (QED) is 0.663. The Hall–Kier alpha value is -0.180. The number of carbonyl (C=O) groups excluding carboxylic acids is 1. The minimum absolute atomic E-state index is 0.117. The van der Waals surface area contributed by atoms with E-state index in [1.165, 1.54) is 0 Å². The van der Waals surface area contributed by atoms with E-state index < -0.39 is 7.60 Å². The molecule has 0 amide bonds. The van der Waals surface area contributed by atoms with E-state index in [4.69, 9.17) is 9.05 Å². The van der Waals surface area contributed by atoms with Crippen LogP contribution in [0, 0.1) is 5.92 Å². The third kappa shape index (κ3) is 3.71. The summed E-state index contributed by atoms with van der Waals surface area (Å²) in [4.78, 5) is 11.4. The monoisotopic (exact) mass is 234 g/mol. The fourth-order valence-electron chi connectivity index (χ4n) is 1.89. The Morgan fingerprint density at radius 2 is 1.93 bits per heavy atom. The number of hydrogen-bond donors (Lipinski definition) is 0. The van der Waals surface area contributed by atoms with Crippen molar-refractivity contribution in [1.82, 2.24) is 0 Å². The summed E-state index contributed by atoms with van der Waals surface area (Å²) in [5.41, 5.74) is 0. The summed E-state index contributed by atoms with van der Waals surface area (Å²) >= 11 is 0. The lowest BCUT2D eigenvalue weighted by Gasteiger charge is -2.19. The molecule has 0 aliphatic heterocycles. The van der Waals surface area contributed by atoms with Crippen molar-refractivity contribution < 1.29 is 18.4 Å². The molecule has 1 aliphatic rings. The van der Waals surface area contributed by atoms with E-state index in [1.807, 2.05) is 0 Å². The first-order valence-corrected chi connectivity index (χ1v) is 7.25. The van der Waals surface area contributed by atoms with Crippen LogP contribution in [0.4, 0.5) is 0 Å². The number of Topliss-reactive ketones (excluding diaryl/α,β-unsaturated/α-hetero) is 1. The highest BCUT2D eigenvalue weighted by Crippen LogP contribution is 2.51. The predicted molar refractivity (Wildman–Crippen MR) is 58.1 cm³/mol. The smallest absolute Gasteiger partial charge is 0.309 e. The summed E-state index contributed by atoms with van der Waals surface area (Å²) < 4.78 is 22.4. The summed E-state index contributed by atoms with van der Waals surface area (Å²) in [5, 5.41) is 0. The second kappa shape index (κ2) is 5.78. The molecule has 0 aromatic carbocycles. The molecule has 1 aliphatic carbocycles. The van der Waals surface area contributed by atoms with Crippen molar-refractivity contribution in [2.24, 2.45) is 5.92 Å². The fourth-order valence-corrected chi connectivity index (χ4v) is 3.89. The molecule has 0 bridgehead atoms. The second-order valence-electron chi connectivity index (χ2n) is 3.68. The van der Waals surface area contributed by atoms with Crippen LogP contribution >= 0.6 is 7.60 Å². The topological polar surface area (TPSA) is 52.6 Å². The third-order valence-electron chi connectivity index (χ3n) is 2.53. The van der Waals surface area contributed by atoms with Crippen molar-refractivity contribution in [2.45, 2.75) is 33.1 Å². The molecule has 0 heterocycles. The SMILES string of the molecule is CCOP(=O)(CC1CCCC1=O)OCC. The maximum Gasteiger partial charge on any atom is 0.331 e. The van der Waals surface area contributed by atoms with Crippen LogP contribution in [0.5, 0.6) is 0 Å². The van der Waals surface area contributed by atoms with Gasteiger partial charge in [-0.25, -0.2) is 0 Å². The number of rotatable bonds is 6. The fraction of sp³-hybridized carbons (Fsp3) is 0.900. The molecule has 0 radical (unpaired) electrons. The van der Waals surface area contributed by atoms with E-state index in [9.17, 15) is 9.36 Å². The van der Waals surface area contributed by atoms with Crippen molar-refractivity contribution >= 4 is 13.4 Å². The summed E-state index contributed by atoms with van der Waals surface area (Å²) in [6, 6.07) is 0. The van der Waals surface area contributed by atoms with E-state index in [0.29, 0.717) is 19.6 Å². The molecular formula is C10H19O4P. The van der Waals surface area contributed by atoms with Gasteiger partial charge in [0, 0.05) is 12.3 Å². The Morgan fingerprint density at radius 3 is 2.33 bits per heavy atom. The van der Waals surface area contributed by atoms with Crippen molar-refractivity contribution in [3.8, 4) is 0 Å².